The zero-order chi connectivity index (χ0) is 10.5. The lowest BCUT2D eigenvalue weighted by Crippen LogP contribution is -2.22. The molecule has 0 aromatic heterocycles. The molecule has 13 heavy (non-hydrogen) atoms. The lowest BCUT2D eigenvalue weighted by Gasteiger charge is -2.16. The van der Waals surface area contributed by atoms with Gasteiger partial charge in [0.1, 0.15) is 5.60 Å². The Morgan fingerprint density at radius 3 is 2.46 bits per heavy atom. The van der Waals surface area contributed by atoms with Crippen LogP contribution in [-0.4, -0.2) is 35.1 Å². The Morgan fingerprint density at radius 2 is 2.08 bits per heavy atom. The quantitative estimate of drug-likeness (QED) is 0.486. The molecule has 6 heteroatoms. The van der Waals surface area contributed by atoms with Crippen molar-refractivity contribution in [3.05, 3.63) is 0 Å². The Morgan fingerprint density at radius 1 is 1.54 bits per heavy atom. The summed E-state index contributed by atoms with van der Waals surface area (Å²) < 4.78 is 4.82. The summed E-state index contributed by atoms with van der Waals surface area (Å²) in [6.45, 7) is 5.17. The molecule has 0 bridgehead atoms. The van der Waals surface area contributed by atoms with Crippen LogP contribution < -0.4 is 0 Å². The van der Waals surface area contributed by atoms with Crippen molar-refractivity contribution in [2.45, 2.75) is 32.7 Å². The normalized spacial score (nSPS) is 11.8. The summed E-state index contributed by atoms with van der Waals surface area (Å²) >= 11 is 0. The number of nitrogens with zero attached hydrogens (tertiary/aromatic N) is 1. The van der Waals surface area contributed by atoms with E-state index in [1.54, 1.807) is 20.8 Å². The third kappa shape index (κ3) is 9.04. The van der Waals surface area contributed by atoms with Crippen molar-refractivity contribution in [3.8, 4) is 0 Å². The van der Waals surface area contributed by atoms with Gasteiger partial charge in [0.15, 0.2) is 0 Å². The second kappa shape index (κ2) is 4.99. The summed E-state index contributed by atoms with van der Waals surface area (Å²) in [5, 5.41) is 16.8. The van der Waals surface area contributed by atoms with Gasteiger partial charge in [-0.05, 0) is 20.8 Å². The Kier molecular flexibility index (Phi) is 4.65. The van der Waals surface area contributed by atoms with Crippen molar-refractivity contribution in [2.24, 2.45) is 4.99 Å². The molecule has 0 aromatic carbocycles. The zero-order valence-electron chi connectivity index (χ0n) is 8.02. The van der Waals surface area contributed by atoms with Crippen LogP contribution >= 0.6 is 0 Å². The zero-order valence-corrected chi connectivity index (χ0v) is 8.02. The van der Waals surface area contributed by atoms with Crippen LogP contribution in [0.5, 0.6) is 0 Å². The van der Waals surface area contributed by atoms with E-state index in [2.05, 4.69) is 4.99 Å². The fraction of sp³-hybridized carbons (Fsp3) is 0.714. The van der Waals surface area contributed by atoms with Crippen molar-refractivity contribution in [1.82, 2.24) is 0 Å². The number of amides is 1. The minimum atomic E-state index is -1.48. The molecule has 0 aromatic rings. The number of hydrogen-bond acceptors (Lipinski definition) is 4. The van der Waals surface area contributed by atoms with Crippen LogP contribution in [0.3, 0.4) is 0 Å². The van der Waals surface area contributed by atoms with Crippen LogP contribution in [0.25, 0.3) is 0 Å². The third-order valence-electron chi connectivity index (χ3n) is 0.906. The molecular weight excluding hydrogens is 173 g/mol. The van der Waals surface area contributed by atoms with Crippen LogP contribution in [0.15, 0.2) is 4.99 Å². The van der Waals surface area contributed by atoms with Gasteiger partial charge in [0.2, 0.25) is 0 Å². The molecular formula is C7H14BNO4. The highest BCUT2D eigenvalue weighted by molar-refractivity contribution is 6.45. The van der Waals surface area contributed by atoms with E-state index in [9.17, 15) is 4.79 Å². The molecule has 0 spiro atoms. The molecule has 0 aliphatic carbocycles. The molecule has 0 aliphatic rings. The van der Waals surface area contributed by atoms with Gasteiger partial charge in [0.05, 0.1) is 0 Å². The molecule has 1 amide bonds. The molecule has 0 radical (unpaired) electrons. The average Bonchev–Trinajstić information content (AvgIpc) is 1.81. The lowest BCUT2D eigenvalue weighted by atomic mass is 9.87. The number of carbonyl (C=O) groups excluding carboxylic acids is 1. The maximum Gasteiger partial charge on any atom is 0.457 e. The van der Waals surface area contributed by atoms with E-state index in [1.165, 1.54) is 0 Å². The highest BCUT2D eigenvalue weighted by atomic mass is 16.6. The Labute approximate surface area is 77.6 Å². The Hall–Kier alpha value is -0.875. The Bertz CT molecular complexity index is 197. The number of rotatable bonds is 2. The maximum absolute atomic E-state index is 10.9. The van der Waals surface area contributed by atoms with Crippen molar-refractivity contribution < 1.29 is 19.6 Å². The van der Waals surface area contributed by atoms with Crippen LogP contribution in [0, 0.1) is 0 Å². The van der Waals surface area contributed by atoms with E-state index in [4.69, 9.17) is 14.8 Å². The van der Waals surface area contributed by atoms with E-state index in [-0.39, 0.29) is 6.32 Å². The first-order chi connectivity index (χ1) is 5.81. The first kappa shape index (κ1) is 12.1. The van der Waals surface area contributed by atoms with Crippen LogP contribution in [0.4, 0.5) is 4.79 Å². The molecule has 0 fully saturated rings. The van der Waals surface area contributed by atoms with E-state index in [0.29, 0.717) is 0 Å². The highest BCUT2D eigenvalue weighted by Gasteiger charge is 2.15. The van der Waals surface area contributed by atoms with Crippen molar-refractivity contribution >= 4 is 19.4 Å². The average molecular weight is 187 g/mol. The van der Waals surface area contributed by atoms with Crippen molar-refractivity contribution in [3.63, 3.8) is 0 Å². The number of ether oxygens (including phenoxy) is 1. The minimum Gasteiger partial charge on any atom is -0.442 e. The van der Waals surface area contributed by atoms with E-state index >= 15 is 0 Å². The monoisotopic (exact) mass is 187 g/mol. The number of hydrogen-bond donors (Lipinski definition) is 2. The van der Waals surface area contributed by atoms with Crippen molar-refractivity contribution in [2.75, 3.05) is 0 Å². The van der Waals surface area contributed by atoms with Gasteiger partial charge in [-0.1, -0.05) is 0 Å². The molecule has 0 saturated heterocycles. The standard InChI is InChI=1S/C7H14BNO4/c1-7(2,3)13-6(10)9-5-4-8(11)12/h5,11-12H,4H2,1-3H3. The first-order valence-electron chi connectivity index (χ1n) is 3.93. The topological polar surface area (TPSA) is 79.1 Å². The van der Waals surface area contributed by atoms with Gasteiger partial charge in [-0.15, -0.1) is 0 Å². The molecule has 2 N–H and O–H groups in total. The van der Waals surface area contributed by atoms with Gasteiger partial charge in [-0.3, -0.25) is 0 Å². The minimum absolute atomic E-state index is 0.0841. The number of carbonyl (C=O) groups is 1. The predicted molar refractivity (Wildman–Crippen MR) is 49.7 cm³/mol. The summed E-state index contributed by atoms with van der Waals surface area (Å²) in [4.78, 5) is 14.2. The smallest absolute Gasteiger partial charge is 0.442 e. The summed E-state index contributed by atoms with van der Waals surface area (Å²) in [6.07, 6.45) is 0.297. The SMILES string of the molecule is CC(C)(C)OC(=O)N=CCB(O)O. The fourth-order valence-electron chi connectivity index (χ4n) is 0.510. The van der Waals surface area contributed by atoms with Gasteiger partial charge in [-0.25, -0.2) is 4.79 Å². The molecule has 5 nitrogen and oxygen atoms in total. The highest BCUT2D eigenvalue weighted by Crippen LogP contribution is 2.07. The van der Waals surface area contributed by atoms with E-state index in [1.807, 2.05) is 0 Å². The Balaban J connectivity index is 3.81. The second-order valence-corrected chi connectivity index (χ2v) is 3.51. The second-order valence-electron chi connectivity index (χ2n) is 3.51. The molecule has 0 saturated carbocycles. The fourth-order valence-corrected chi connectivity index (χ4v) is 0.510. The summed E-state index contributed by atoms with van der Waals surface area (Å²) in [5.41, 5.74) is -0.577. The maximum atomic E-state index is 10.9. The molecule has 0 atom stereocenters. The van der Waals surface area contributed by atoms with Crippen LogP contribution in [0.1, 0.15) is 20.8 Å². The van der Waals surface area contributed by atoms with Crippen molar-refractivity contribution in [1.29, 1.82) is 0 Å². The first-order valence-corrected chi connectivity index (χ1v) is 3.93. The van der Waals surface area contributed by atoms with Gasteiger partial charge in [-0.2, -0.15) is 4.99 Å². The molecule has 0 heterocycles. The summed E-state index contributed by atoms with van der Waals surface area (Å²) in [5.74, 6) is 0. The van der Waals surface area contributed by atoms with Gasteiger partial charge < -0.3 is 14.8 Å². The predicted octanol–water partition coefficient (Wildman–Crippen LogP) is 0.465. The molecule has 0 rings (SSSR count). The molecule has 0 aliphatic heterocycles. The third-order valence-corrected chi connectivity index (χ3v) is 0.906. The summed E-state index contributed by atoms with van der Waals surface area (Å²) in [7, 11) is -1.48. The van der Waals surface area contributed by atoms with E-state index < -0.39 is 18.8 Å². The van der Waals surface area contributed by atoms with Gasteiger partial charge in [0, 0.05) is 12.5 Å². The lowest BCUT2D eigenvalue weighted by molar-refractivity contribution is 0.0605. The molecule has 0 unspecified atom stereocenters. The van der Waals surface area contributed by atoms with Crippen LogP contribution in [-0.2, 0) is 4.74 Å². The van der Waals surface area contributed by atoms with E-state index in [0.717, 1.165) is 6.21 Å². The van der Waals surface area contributed by atoms with Gasteiger partial charge in [0.25, 0.3) is 0 Å². The number of aliphatic imine (C=N–C) groups is 1. The largest absolute Gasteiger partial charge is 0.457 e. The van der Waals surface area contributed by atoms with Crippen LogP contribution in [0.2, 0.25) is 6.32 Å². The van der Waals surface area contributed by atoms with Gasteiger partial charge >= 0.3 is 13.2 Å². The molecule has 74 valence electrons. The summed E-state index contributed by atoms with van der Waals surface area (Å²) in [6, 6.07) is 0.